The zero-order chi connectivity index (χ0) is 29.5. The van der Waals surface area contributed by atoms with Crippen LogP contribution in [0.15, 0.2) is 146 Å². The van der Waals surface area contributed by atoms with Crippen LogP contribution in [0.25, 0.3) is 77.6 Å². The summed E-state index contributed by atoms with van der Waals surface area (Å²) >= 11 is 0. The second-order valence-corrected chi connectivity index (χ2v) is 11.5. The summed E-state index contributed by atoms with van der Waals surface area (Å²) in [5.41, 5.74) is 9.49. The molecule has 9 aromatic rings. The van der Waals surface area contributed by atoms with Crippen LogP contribution in [0.3, 0.4) is 0 Å². The minimum atomic E-state index is 0.697. The Hall–Kier alpha value is -6.20. The van der Waals surface area contributed by atoms with E-state index in [2.05, 4.69) is 118 Å². The van der Waals surface area contributed by atoms with Crippen molar-refractivity contribution >= 4 is 43.6 Å². The van der Waals surface area contributed by atoms with E-state index in [0.717, 1.165) is 50.6 Å². The number of aromatic nitrogens is 4. The van der Waals surface area contributed by atoms with Crippen molar-refractivity contribution in [3.8, 4) is 45.5 Å². The van der Waals surface area contributed by atoms with Crippen molar-refractivity contribution in [1.29, 1.82) is 0 Å². The van der Waals surface area contributed by atoms with E-state index in [-0.39, 0.29) is 0 Å². The van der Waals surface area contributed by atoms with Crippen molar-refractivity contribution in [2.75, 3.05) is 0 Å². The molecule has 210 valence electrons. The summed E-state index contributed by atoms with van der Waals surface area (Å²) < 4.78 is 10.8. The Kier molecular flexibility index (Phi) is 4.93. The van der Waals surface area contributed by atoms with Crippen LogP contribution in [0.5, 0.6) is 11.5 Å². The Labute approximate surface area is 258 Å². The van der Waals surface area contributed by atoms with E-state index in [1.54, 1.807) is 0 Å². The van der Waals surface area contributed by atoms with Gasteiger partial charge in [-0.1, -0.05) is 54.6 Å². The van der Waals surface area contributed by atoms with Crippen LogP contribution in [-0.4, -0.2) is 19.1 Å². The van der Waals surface area contributed by atoms with Gasteiger partial charge in [-0.05, 0) is 84.9 Å². The molecule has 10 rings (SSSR count). The first-order valence-electron chi connectivity index (χ1n) is 15.1. The number of para-hydroxylation sites is 3. The highest BCUT2D eigenvalue weighted by atomic mass is 16.5. The third kappa shape index (κ3) is 3.55. The van der Waals surface area contributed by atoms with Crippen molar-refractivity contribution in [1.82, 2.24) is 19.1 Å². The van der Waals surface area contributed by atoms with Gasteiger partial charge in [-0.15, -0.1) is 0 Å². The maximum Gasteiger partial charge on any atom is 0.160 e. The fraction of sp³-hybridized carbons (Fsp3) is 0. The van der Waals surface area contributed by atoms with Gasteiger partial charge in [0.1, 0.15) is 11.5 Å². The molecule has 0 saturated heterocycles. The predicted octanol–water partition coefficient (Wildman–Crippen LogP) is 10.1. The highest BCUT2D eigenvalue weighted by molar-refractivity contribution is 6.13. The normalized spacial score (nSPS) is 12.2. The van der Waals surface area contributed by atoms with Crippen molar-refractivity contribution in [2.45, 2.75) is 0 Å². The third-order valence-corrected chi connectivity index (χ3v) is 8.95. The summed E-state index contributed by atoms with van der Waals surface area (Å²) in [7, 11) is 0. The van der Waals surface area contributed by atoms with Gasteiger partial charge in [0.2, 0.25) is 0 Å². The molecule has 0 N–H and O–H groups in total. The molecule has 0 bridgehead atoms. The van der Waals surface area contributed by atoms with Gasteiger partial charge >= 0.3 is 0 Å². The molecular weight excluding hydrogens is 552 g/mol. The van der Waals surface area contributed by atoms with E-state index in [1.165, 1.54) is 32.7 Å². The molecule has 0 spiro atoms. The quantitative estimate of drug-likeness (QED) is 0.210. The van der Waals surface area contributed by atoms with Gasteiger partial charge in [0.15, 0.2) is 5.82 Å². The summed E-state index contributed by atoms with van der Waals surface area (Å²) in [5.74, 6) is 2.31. The van der Waals surface area contributed by atoms with Crippen LogP contribution in [0, 0.1) is 0 Å². The standard InChI is InChI=1S/C40H24N4O/c1-2-9-27(10-3-1)43-22-21-26-23-31-29-11-4-6-14-33(29)44(35(31)24-34(26)43)28-19-17-25(18-20-28)40-41-32-13-8-16-37-38(32)39(42-40)30-12-5-7-15-36(30)45-37/h1-24H. The Balaban J connectivity index is 1.15. The fourth-order valence-electron chi connectivity index (χ4n) is 6.88. The number of nitrogens with zero attached hydrogens (tertiary/aromatic N) is 4. The minimum Gasteiger partial charge on any atom is -0.456 e. The van der Waals surface area contributed by atoms with E-state index in [4.69, 9.17) is 14.7 Å². The second kappa shape index (κ2) is 9.15. The Bertz CT molecular complexity index is 2610. The van der Waals surface area contributed by atoms with Crippen LogP contribution in [0.4, 0.5) is 0 Å². The van der Waals surface area contributed by atoms with E-state index in [1.807, 2.05) is 36.4 Å². The smallest absolute Gasteiger partial charge is 0.160 e. The first-order chi connectivity index (χ1) is 22.3. The average Bonchev–Trinajstić information content (AvgIpc) is 3.66. The number of hydrogen-bond donors (Lipinski definition) is 0. The Morgan fingerprint density at radius 1 is 0.533 bits per heavy atom. The zero-order valence-corrected chi connectivity index (χ0v) is 24.1. The molecule has 3 aromatic heterocycles. The molecule has 4 heterocycles. The van der Waals surface area contributed by atoms with E-state index >= 15 is 0 Å². The molecule has 0 radical (unpaired) electrons. The second-order valence-electron chi connectivity index (χ2n) is 11.5. The first-order valence-corrected chi connectivity index (χ1v) is 15.1. The Morgan fingerprint density at radius 3 is 2.24 bits per heavy atom. The third-order valence-electron chi connectivity index (χ3n) is 8.95. The Morgan fingerprint density at radius 2 is 1.33 bits per heavy atom. The fourth-order valence-corrected chi connectivity index (χ4v) is 6.88. The lowest BCUT2D eigenvalue weighted by Gasteiger charge is -2.20. The SMILES string of the molecule is c1ccc(-n2ccc3cc4c5ccccc5n(-c5ccc(-c6nc7c8c(cccc8n6)Oc6ccccc6-7)cc5)c4cc32)cc1. The van der Waals surface area contributed by atoms with Gasteiger partial charge in [-0.3, -0.25) is 0 Å². The maximum absolute atomic E-state index is 6.19. The number of ether oxygens (including phenoxy) is 1. The molecule has 45 heavy (non-hydrogen) atoms. The molecule has 0 amide bonds. The molecule has 1 aliphatic rings. The van der Waals surface area contributed by atoms with Crippen molar-refractivity contribution < 1.29 is 4.74 Å². The molecular formula is C40H24N4O. The van der Waals surface area contributed by atoms with Gasteiger partial charge in [-0.25, -0.2) is 9.97 Å². The number of benzene rings is 6. The van der Waals surface area contributed by atoms with Crippen LogP contribution in [-0.2, 0) is 0 Å². The minimum absolute atomic E-state index is 0.697. The van der Waals surface area contributed by atoms with E-state index in [0.29, 0.717) is 5.82 Å². The molecule has 5 heteroatoms. The van der Waals surface area contributed by atoms with E-state index < -0.39 is 0 Å². The number of fused-ring (bicyclic) bond motifs is 6. The summed E-state index contributed by atoms with van der Waals surface area (Å²) in [4.78, 5) is 10.1. The lowest BCUT2D eigenvalue weighted by Crippen LogP contribution is -2.02. The molecule has 0 saturated carbocycles. The molecule has 0 unspecified atom stereocenters. The monoisotopic (exact) mass is 576 g/mol. The van der Waals surface area contributed by atoms with Crippen LogP contribution >= 0.6 is 0 Å². The van der Waals surface area contributed by atoms with Gasteiger partial charge in [-0.2, -0.15) is 0 Å². The summed E-state index contributed by atoms with van der Waals surface area (Å²) in [6.45, 7) is 0. The van der Waals surface area contributed by atoms with Crippen LogP contribution in [0.2, 0.25) is 0 Å². The predicted molar refractivity (Wildman–Crippen MR) is 182 cm³/mol. The number of rotatable bonds is 3. The maximum atomic E-state index is 6.19. The van der Waals surface area contributed by atoms with Gasteiger partial charge in [0.05, 0.1) is 33.1 Å². The van der Waals surface area contributed by atoms with Gasteiger partial charge in [0.25, 0.3) is 0 Å². The van der Waals surface area contributed by atoms with Crippen molar-refractivity contribution in [2.24, 2.45) is 0 Å². The highest BCUT2D eigenvalue weighted by Crippen LogP contribution is 2.45. The van der Waals surface area contributed by atoms with Crippen molar-refractivity contribution in [3.05, 3.63) is 146 Å². The zero-order valence-electron chi connectivity index (χ0n) is 24.1. The first kappa shape index (κ1) is 24.3. The van der Waals surface area contributed by atoms with Gasteiger partial charge in [0, 0.05) is 44.9 Å². The summed E-state index contributed by atoms with van der Waals surface area (Å²) in [6, 6.07) is 48.7. The number of hydrogen-bond acceptors (Lipinski definition) is 3. The lowest BCUT2D eigenvalue weighted by molar-refractivity contribution is 0.486. The van der Waals surface area contributed by atoms with Crippen molar-refractivity contribution in [3.63, 3.8) is 0 Å². The van der Waals surface area contributed by atoms with Crippen LogP contribution in [0.1, 0.15) is 0 Å². The summed E-state index contributed by atoms with van der Waals surface area (Å²) in [6.07, 6.45) is 2.16. The highest BCUT2D eigenvalue weighted by Gasteiger charge is 2.23. The molecule has 0 atom stereocenters. The average molecular weight is 577 g/mol. The van der Waals surface area contributed by atoms with E-state index in [9.17, 15) is 0 Å². The largest absolute Gasteiger partial charge is 0.456 e. The molecule has 5 nitrogen and oxygen atoms in total. The lowest BCUT2D eigenvalue weighted by atomic mass is 10.0. The summed E-state index contributed by atoms with van der Waals surface area (Å²) in [5, 5.41) is 4.65. The van der Waals surface area contributed by atoms with Crippen LogP contribution < -0.4 is 4.74 Å². The molecule has 1 aliphatic heterocycles. The topological polar surface area (TPSA) is 44.9 Å². The molecule has 6 aromatic carbocycles. The van der Waals surface area contributed by atoms with Gasteiger partial charge < -0.3 is 13.9 Å². The molecule has 0 aliphatic carbocycles. The molecule has 0 fully saturated rings.